The fourth-order valence-electron chi connectivity index (χ4n) is 1.75. The highest BCUT2D eigenvalue weighted by molar-refractivity contribution is 6.31. The van der Waals surface area contributed by atoms with Crippen LogP contribution in [0.25, 0.3) is 0 Å². The maximum atomic E-state index is 11.8. The van der Waals surface area contributed by atoms with Crippen LogP contribution >= 0.6 is 11.6 Å². The van der Waals surface area contributed by atoms with Crippen molar-refractivity contribution in [2.24, 2.45) is 0 Å². The lowest BCUT2D eigenvalue weighted by molar-refractivity contribution is -0.134. The van der Waals surface area contributed by atoms with E-state index in [9.17, 15) is 9.59 Å². The number of anilines is 1. The van der Waals surface area contributed by atoms with Crippen molar-refractivity contribution >= 4 is 29.1 Å². The Labute approximate surface area is 118 Å². The Kier molecular flexibility index (Phi) is 5.83. The molecule has 0 aliphatic carbocycles. The normalized spacial score (nSPS) is 10.1. The molecule has 2 amide bonds. The predicted octanol–water partition coefficient (Wildman–Crippen LogP) is 2.85. The summed E-state index contributed by atoms with van der Waals surface area (Å²) in [7, 11) is 0. The number of carbonyl (C=O) groups is 2. The van der Waals surface area contributed by atoms with E-state index in [-0.39, 0.29) is 18.2 Å². The van der Waals surface area contributed by atoms with Crippen LogP contribution in [-0.2, 0) is 9.59 Å². The third kappa shape index (κ3) is 4.56. The molecule has 104 valence electrons. The van der Waals surface area contributed by atoms with E-state index in [1.165, 1.54) is 0 Å². The second-order valence-corrected chi connectivity index (χ2v) is 4.69. The number of rotatable bonds is 5. The van der Waals surface area contributed by atoms with Crippen molar-refractivity contribution in [1.82, 2.24) is 4.90 Å². The second kappa shape index (κ2) is 7.14. The van der Waals surface area contributed by atoms with Crippen LogP contribution in [0.2, 0.25) is 5.02 Å². The van der Waals surface area contributed by atoms with Gasteiger partial charge in [0.2, 0.25) is 11.8 Å². The standard InChI is InChI=1S/C14H19ClN2O2/c1-4-17(5-2)14(19)9-13(18)16-12-8-11(15)7-6-10(12)3/h6-8H,4-5,9H2,1-3H3,(H,16,18). The highest BCUT2D eigenvalue weighted by Gasteiger charge is 2.15. The molecular weight excluding hydrogens is 264 g/mol. The molecule has 0 fully saturated rings. The lowest BCUT2D eigenvalue weighted by Crippen LogP contribution is -2.33. The molecule has 0 atom stereocenters. The first-order valence-electron chi connectivity index (χ1n) is 6.31. The summed E-state index contributed by atoms with van der Waals surface area (Å²) in [6.45, 7) is 6.87. The predicted molar refractivity (Wildman–Crippen MR) is 77.4 cm³/mol. The molecule has 1 aromatic rings. The van der Waals surface area contributed by atoms with E-state index < -0.39 is 0 Å². The van der Waals surface area contributed by atoms with E-state index in [0.29, 0.717) is 23.8 Å². The maximum Gasteiger partial charge on any atom is 0.233 e. The van der Waals surface area contributed by atoms with Gasteiger partial charge < -0.3 is 10.2 Å². The molecule has 0 saturated carbocycles. The minimum absolute atomic E-state index is 0.145. The average Bonchev–Trinajstić information content (AvgIpc) is 2.35. The number of carbonyl (C=O) groups excluding carboxylic acids is 2. The first-order valence-corrected chi connectivity index (χ1v) is 6.69. The van der Waals surface area contributed by atoms with Crippen LogP contribution in [0.5, 0.6) is 0 Å². The number of halogens is 1. The summed E-state index contributed by atoms with van der Waals surface area (Å²) in [6, 6.07) is 5.26. The maximum absolute atomic E-state index is 11.8. The van der Waals surface area contributed by atoms with E-state index in [1.54, 1.807) is 17.0 Å². The molecule has 5 heteroatoms. The quantitative estimate of drug-likeness (QED) is 0.844. The van der Waals surface area contributed by atoms with Crippen molar-refractivity contribution in [3.05, 3.63) is 28.8 Å². The van der Waals surface area contributed by atoms with Gasteiger partial charge in [-0.25, -0.2) is 0 Å². The first-order chi connectivity index (χ1) is 8.97. The number of hydrogen-bond donors (Lipinski definition) is 1. The SMILES string of the molecule is CCN(CC)C(=O)CC(=O)Nc1cc(Cl)ccc1C. The zero-order chi connectivity index (χ0) is 14.4. The minimum Gasteiger partial charge on any atom is -0.343 e. The fraction of sp³-hybridized carbons (Fsp3) is 0.429. The lowest BCUT2D eigenvalue weighted by Gasteiger charge is -2.18. The van der Waals surface area contributed by atoms with Crippen molar-refractivity contribution in [1.29, 1.82) is 0 Å². The Bertz CT molecular complexity index is 471. The molecule has 1 rings (SSSR count). The Morgan fingerprint density at radius 1 is 1.26 bits per heavy atom. The largest absolute Gasteiger partial charge is 0.343 e. The monoisotopic (exact) mass is 282 g/mol. The van der Waals surface area contributed by atoms with Gasteiger partial charge in [0, 0.05) is 23.8 Å². The molecule has 0 radical (unpaired) electrons. The third-order valence-corrected chi connectivity index (χ3v) is 3.14. The van der Waals surface area contributed by atoms with Gasteiger partial charge in [0.15, 0.2) is 0 Å². The molecule has 19 heavy (non-hydrogen) atoms. The third-order valence-electron chi connectivity index (χ3n) is 2.90. The van der Waals surface area contributed by atoms with E-state index in [4.69, 9.17) is 11.6 Å². The van der Waals surface area contributed by atoms with Crippen LogP contribution in [0.15, 0.2) is 18.2 Å². The van der Waals surface area contributed by atoms with Gasteiger partial charge in [-0.2, -0.15) is 0 Å². The molecule has 0 spiro atoms. The van der Waals surface area contributed by atoms with Crippen molar-refractivity contribution in [3.63, 3.8) is 0 Å². The van der Waals surface area contributed by atoms with E-state index >= 15 is 0 Å². The second-order valence-electron chi connectivity index (χ2n) is 4.25. The summed E-state index contributed by atoms with van der Waals surface area (Å²) in [5.41, 5.74) is 1.55. The van der Waals surface area contributed by atoms with Gasteiger partial charge >= 0.3 is 0 Å². The zero-order valence-electron chi connectivity index (χ0n) is 11.5. The van der Waals surface area contributed by atoms with Crippen LogP contribution in [0.4, 0.5) is 5.69 Å². The molecule has 1 aromatic carbocycles. The Hall–Kier alpha value is -1.55. The Morgan fingerprint density at radius 2 is 1.89 bits per heavy atom. The van der Waals surface area contributed by atoms with Gasteiger partial charge in [0.1, 0.15) is 6.42 Å². The molecule has 4 nitrogen and oxygen atoms in total. The zero-order valence-corrected chi connectivity index (χ0v) is 12.3. The van der Waals surface area contributed by atoms with Crippen LogP contribution < -0.4 is 5.32 Å². The van der Waals surface area contributed by atoms with Crippen LogP contribution in [0.3, 0.4) is 0 Å². The molecular formula is C14H19ClN2O2. The van der Waals surface area contributed by atoms with Crippen molar-refractivity contribution in [2.75, 3.05) is 18.4 Å². The molecule has 0 heterocycles. The van der Waals surface area contributed by atoms with Gasteiger partial charge in [-0.1, -0.05) is 17.7 Å². The van der Waals surface area contributed by atoms with Gasteiger partial charge in [-0.05, 0) is 38.5 Å². The number of benzene rings is 1. The van der Waals surface area contributed by atoms with Crippen LogP contribution in [0, 0.1) is 6.92 Å². The van der Waals surface area contributed by atoms with E-state index in [0.717, 1.165) is 5.56 Å². The summed E-state index contributed by atoms with van der Waals surface area (Å²) >= 11 is 5.87. The summed E-state index contributed by atoms with van der Waals surface area (Å²) in [5.74, 6) is -0.482. The van der Waals surface area contributed by atoms with Crippen LogP contribution in [-0.4, -0.2) is 29.8 Å². The molecule has 0 aromatic heterocycles. The van der Waals surface area contributed by atoms with Gasteiger partial charge in [0.25, 0.3) is 0 Å². The van der Waals surface area contributed by atoms with Crippen LogP contribution in [0.1, 0.15) is 25.8 Å². The molecule has 1 N–H and O–H groups in total. The smallest absolute Gasteiger partial charge is 0.233 e. The molecule has 0 aliphatic heterocycles. The summed E-state index contributed by atoms with van der Waals surface area (Å²) in [5, 5.41) is 3.27. The van der Waals surface area contributed by atoms with E-state index in [1.807, 2.05) is 26.8 Å². The van der Waals surface area contributed by atoms with Crippen molar-refractivity contribution in [3.8, 4) is 0 Å². The Balaban J connectivity index is 2.65. The van der Waals surface area contributed by atoms with Crippen molar-refractivity contribution < 1.29 is 9.59 Å². The highest BCUT2D eigenvalue weighted by Crippen LogP contribution is 2.20. The molecule has 0 unspecified atom stereocenters. The molecule has 0 aliphatic rings. The van der Waals surface area contributed by atoms with E-state index in [2.05, 4.69) is 5.32 Å². The van der Waals surface area contributed by atoms with Gasteiger partial charge in [-0.15, -0.1) is 0 Å². The first kappa shape index (κ1) is 15.5. The summed E-state index contributed by atoms with van der Waals surface area (Å²) in [4.78, 5) is 25.2. The lowest BCUT2D eigenvalue weighted by atomic mass is 10.2. The molecule has 0 bridgehead atoms. The number of amides is 2. The summed E-state index contributed by atoms with van der Waals surface area (Å²) in [6.07, 6.45) is -0.145. The number of hydrogen-bond acceptors (Lipinski definition) is 2. The number of nitrogens with one attached hydrogen (secondary N) is 1. The number of nitrogens with zero attached hydrogens (tertiary/aromatic N) is 1. The van der Waals surface area contributed by atoms with Gasteiger partial charge in [-0.3, -0.25) is 9.59 Å². The van der Waals surface area contributed by atoms with Crippen molar-refractivity contribution in [2.45, 2.75) is 27.2 Å². The molecule has 0 saturated heterocycles. The fourth-order valence-corrected chi connectivity index (χ4v) is 1.92. The van der Waals surface area contributed by atoms with Gasteiger partial charge in [0.05, 0.1) is 0 Å². The minimum atomic E-state index is -0.317. The summed E-state index contributed by atoms with van der Waals surface area (Å²) < 4.78 is 0. The topological polar surface area (TPSA) is 49.4 Å². The Morgan fingerprint density at radius 3 is 2.47 bits per heavy atom. The number of aryl methyl sites for hydroxylation is 1. The average molecular weight is 283 g/mol. The highest BCUT2D eigenvalue weighted by atomic mass is 35.5.